The third kappa shape index (κ3) is 7.62. The van der Waals surface area contributed by atoms with Crippen LogP contribution in [0.25, 0.3) is 0 Å². The minimum Gasteiger partial charge on any atom is -0.497 e. The number of urea groups is 1. The summed E-state index contributed by atoms with van der Waals surface area (Å²) in [7, 11) is 3.16. The highest BCUT2D eigenvalue weighted by Gasteiger charge is 2.22. The third-order valence-corrected chi connectivity index (χ3v) is 5.88. The van der Waals surface area contributed by atoms with Crippen LogP contribution < -0.4 is 10.1 Å². The molecule has 8 heteroatoms. The molecule has 3 rings (SSSR count). The van der Waals surface area contributed by atoms with Gasteiger partial charge in [-0.2, -0.15) is 0 Å². The minimum atomic E-state index is -0.360. The number of thiophene rings is 1. The van der Waals surface area contributed by atoms with Crippen LogP contribution in [0.2, 0.25) is 0 Å². The maximum atomic E-state index is 13.3. The van der Waals surface area contributed by atoms with Gasteiger partial charge in [0.1, 0.15) is 12.3 Å². The largest absolute Gasteiger partial charge is 0.497 e. The first-order chi connectivity index (χ1) is 16.1. The molecule has 0 atom stereocenters. The molecule has 0 aliphatic rings. The Balaban J connectivity index is 1.71. The Hall–Kier alpha value is -3.36. The van der Waals surface area contributed by atoms with E-state index in [4.69, 9.17) is 9.47 Å². The Kier molecular flexibility index (Phi) is 9.29. The number of methoxy groups -OCH3 is 2. The molecular weight excluding hydrogens is 438 g/mol. The van der Waals surface area contributed by atoms with Gasteiger partial charge in [0.25, 0.3) is 0 Å². The van der Waals surface area contributed by atoms with Crippen molar-refractivity contribution in [1.29, 1.82) is 0 Å². The second kappa shape index (κ2) is 12.6. The molecule has 0 saturated heterocycles. The van der Waals surface area contributed by atoms with Crippen LogP contribution >= 0.6 is 11.3 Å². The van der Waals surface area contributed by atoms with Crippen molar-refractivity contribution in [2.24, 2.45) is 0 Å². The molecule has 1 N–H and O–H groups in total. The van der Waals surface area contributed by atoms with Gasteiger partial charge in [-0.05, 0) is 41.3 Å². The van der Waals surface area contributed by atoms with Crippen LogP contribution in [0.15, 0.2) is 72.1 Å². The first-order valence-electron chi connectivity index (χ1n) is 10.6. The van der Waals surface area contributed by atoms with E-state index >= 15 is 0 Å². The summed E-state index contributed by atoms with van der Waals surface area (Å²) in [6.45, 7) is 1.53. The quantitative estimate of drug-likeness (QED) is 0.452. The molecule has 1 aromatic heterocycles. The van der Waals surface area contributed by atoms with Crippen LogP contribution in [-0.2, 0) is 22.6 Å². The Morgan fingerprint density at radius 1 is 0.909 bits per heavy atom. The maximum absolute atomic E-state index is 13.3. The fourth-order valence-electron chi connectivity index (χ4n) is 3.22. The second-order valence-corrected chi connectivity index (χ2v) is 8.42. The highest BCUT2D eigenvalue weighted by Crippen LogP contribution is 2.17. The van der Waals surface area contributed by atoms with Gasteiger partial charge < -0.3 is 24.6 Å². The van der Waals surface area contributed by atoms with Gasteiger partial charge in [0.15, 0.2) is 0 Å². The van der Waals surface area contributed by atoms with Crippen LogP contribution in [0.4, 0.5) is 10.5 Å². The number of nitrogens with zero attached hydrogens (tertiary/aromatic N) is 2. The van der Waals surface area contributed by atoms with Crippen LogP contribution in [0.3, 0.4) is 0 Å². The lowest BCUT2D eigenvalue weighted by Gasteiger charge is -2.27. The molecule has 0 spiro atoms. The fourth-order valence-corrected chi connectivity index (χ4v) is 3.94. The molecule has 0 saturated carbocycles. The number of anilines is 1. The van der Waals surface area contributed by atoms with Crippen LogP contribution in [0, 0.1) is 0 Å². The molecule has 0 unspecified atom stereocenters. The number of rotatable bonds is 11. The van der Waals surface area contributed by atoms with Crippen molar-refractivity contribution in [3.8, 4) is 5.75 Å². The highest BCUT2D eigenvalue weighted by molar-refractivity contribution is 7.09. The average Bonchev–Trinajstić information content (AvgIpc) is 3.35. The molecule has 1 heterocycles. The van der Waals surface area contributed by atoms with Crippen LogP contribution in [0.5, 0.6) is 5.75 Å². The molecule has 3 amide bonds. The van der Waals surface area contributed by atoms with E-state index in [9.17, 15) is 9.59 Å². The first-order valence-corrected chi connectivity index (χ1v) is 11.5. The number of hydrogen-bond acceptors (Lipinski definition) is 5. The molecule has 3 aromatic rings. The summed E-state index contributed by atoms with van der Waals surface area (Å²) in [6.07, 6.45) is 0. The number of carbonyl (C=O) groups excluding carboxylic acids is 2. The zero-order valence-electron chi connectivity index (χ0n) is 18.9. The predicted molar refractivity (Wildman–Crippen MR) is 130 cm³/mol. The molecule has 0 aliphatic carbocycles. The minimum absolute atomic E-state index is 0.0520. The summed E-state index contributed by atoms with van der Waals surface area (Å²) in [5.41, 5.74) is 1.66. The van der Waals surface area contributed by atoms with Crippen molar-refractivity contribution in [3.63, 3.8) is 0 Å². The van der Waals surface area contributed by atoms with E-state index in [-0.39, 0.29) is 18.5 Å². The van der Waals surface area contributed by atoms with E-state index in [1.54, 1.807) is 54.7 Å². The monoisotopic (exact) mass is 467 g/mol. The Bertz CT molecular complexity index is 994. The van der Waals surface area contributed by atoms with Gasteiger partial charge in [0.2, 0.25) is 5.91 Å². The topological polar surface area (TPSA) is 71.1 Å². The molecule has 174 valence electrons. The zero-order valence-corrected chi connectivity index (χ0v) is 19.7. The lowest BCUT2D eigenvalue weighted by molar-refractivity contribution is -0.133. The van der Waals surface area contributed by atoms with Gasteiger partial charge in [0.05, 0.1) is 20.3 Å². The second-order valence-electron chi connectivity index (χ2n) is 7.39. The highest BCUT2D eigenvalue weighted by atomic mass is 32.1. The lowest BCUT2D eigenvalue weighted by atomic mass is 10.2. The molecule has 0 fully saturated rings. The summed E-state index contributed by atoms with van der Waals surface area (Å²) in [5.74, 6) is 0.567. The molecule has 7 nitrogen and oxygen atoms in total. The molecule has 33 heavy (non-hydrogen) atoms. The van der Waals surface area contributed by atoms with Gasteiger partial charge in [-0.3, -0.25) is 4.79 Å². The van der Waals surface area contributed by atoms with Gasteiger partial charge in [0, 0.05) is 30.8 Å². The Labute approximate surface area is 198 Å². The van der Waals surface area contributed by atoms with Crippen molar-refractivity contribution in [2.45, 2.75) is 13.1 Å². The van der Waals surface area contributed by atoms with E-state index in [0.29, 0.717) is 37.7 Å². The van der Waals surface area contributed by atoms with Crippen molar-refractivity contribution in [3.05, 3.63) is 82.6 Å². The van der Waals surface area contributed by atoms with Gasteiger partial charge in [-0.1, -0.05) is 36.4 Å². The SMILES string of the molecule is COCCN(CC(=O)N(Cc1ccccc1)Cc1cccs1)C(=O)Nc1ccc(OC)cc1. The summed E-state index contributed by atoms with van der Waals surface area (Å²) >= 11 is 1.61. The van der Waals surface area contributed by atoms with Crippen LogP contribution in [-0.4, -0.2) is 55.7 Å². The first kappa shape index (κ1) is 24.3. The summed E-state index contributed by atoms with van der Waals surface area (Å²) < 4.78 is 10.3. The number of carbonyl (C=O) groups is 2. The Morgan fingerprint density at radius 3 is 2.30 bits per heavy atom. The van der Waals surface area contributed by atoms with Gasteiger partial charge >= 0.3 is 6.03 Å². The number of hydrogen-bond donors (Lipinski definition) is 1. The van der Waals surface area contributed by atoms with Crippen LogP contribution in [0.1, 0.15) is 10.4 Å². The number of ether oxygens (including phenoxy) is 2. The van der Waals surface area contributed by atoms with Crippen molar-refractivity contribution >= 4 is 29.0 Å². The molecule has 0 bridgehead atoms. The average molecular weight is 468 g/mol. The molecule has 0 radical (unpaired) electrons. The lowest BCUT2D eigenvalue weighted by Crippen LogP contribution is -2.45. The Morgan fingerprint density at radius 2 is 1.67 bits per heavy atom. The number of amides is 3. The van der Waals surface area contributed by atoms with E-state index in [1.165, 1.54) is 4.90 Å². The summed E-state index contributed by atoms with van der Waals surface area (Å²) in [5, 5.41) is 4.84. The summed E-state index contributed by atoms with van der Waals surface area (Å²) in [4.78, 5) is 30.6. The van der Waals surface area contributed by atoms with Crippen molar-refractivity contribution in [2.75, 3.05) is 39.2 Å². The maximum Gasteiger partial charge on any atom is 0.322 e. The third-order valence-electron chi connectivity index (χ3n) is 5.02. The summed E-state index contributed by atoms with van der Waals surface area (Å²) in [6, 6.07) is 20.5. The standard InChI is InChI=1S/C25H29N3O4S/c1-31-15-14-27(25(30)26-21-10-12-22(32-2)13-11-21)19-24(29)28(18-23-9-6-16-33-23)17-20-7-4-3-5-8-20/h3-13,16H,14-15,17-19H2,1-2H3,(H,26,30). The predicted octanol–water partition coefficient (Wildman–Crippen LogP) is 4.47. The van der Waals surface area contributed by atoms with E-state index in [2.05, 4.69) is 5.32 Å². The van der Waals surface area contributed by atoms with Crippen molar-refractivity contribution < 1.29 is 19.1 Å². The van der Waals surface area contributed by atoms with Gasteiger partial charge in [-0.15, -0.1) is 11.3 Å². The van der Waals surface area contributed by atoms with Gasteiger partial charge in [-0.25, -0.2) is 4.79 Å². The molecular formula is C25H29N3O4S. The van der Waals surface area contributed by atoms with E-state index in [1.807, 2.05) is 47.8 Å². The smallest absolute Gasteiger partial charge is 0.322 e. The fraction of sp³-hybridized carbons (Fsp3) is 0.280. The normalized spacial score (nSPS) is 10.5. The van der Waals surface area contributed by atoms with E-state index in [0.717, 1.165) is 10.4 Å². The van der Waals surface area contributed by atoms with Crippen molar-refractivity contribution in [1.82, 2.24) is 9.80 Å². The zero-order chi connectivity index (χ0) is 23.5. The molecule has 2 aromatic carbocycles. The van der Waals surface area contributed by atoms with E-state index < -0.39 is 0 Å². The molecule has 0 aliphatic heterocycles. The number of benzene rings is 2. The number of nitrogens with one attached hydrogen (secondary N) is 1.